The van der Waals surface area contributed by atoms with Gasteiger partial charge >= 0.3 is 0 Å². The molecule has 1 saturated heterocycles. The third-order valence-electron chi connectivity index (χ3n) is 4.21. The number of ether oxygens (including phenoxy) is 2. The van der Waals surface area contributed by atoms with E-state index < -0.39 is 0 Å². The highest BCUT2D eigenvalue weighted by molar-refractivity contribution is 5.78. The third-order valence-corrected chi connectivity index (χ3v) is 4.21. The van der Waals surface area contributed by atoms with Crippen LogP contribution in [0, 0.1) is 0 Å². The molecule has 5 heteroatoms. The van der Waals surface area contributed by atoms with Crippen LogP contribution in [0.1, 0.15) is 37.8 Å². The number of amides is 1. The molecule has 2 heterocycles. The fourth-order valence-corrected chi connectivity index (χ4v) is 3.14. The largest absolute Gasteiger partial charge is 0.490 e. The van der Waals surface area contributed by atoms with Gasteiger partial charge in [-0.1, -0.05) is 6.07 Å². The van der Waals surface area contributed by atoms with Gasteiger partial charge < -0.3 is 20.1 Å². The predicted octanol–water partition coefficient (Wildman–Crippen LogP) is 1.86. The number of likely N-dealkylation sites (N-methyl/N-ethyl adjacent to an activating group) is 1. The SMILES string of the molecule is CCN1C(=O)CCC(N)C1c1ccc2c(c1)OCCCO2. The number of hydrogen-bond donors (Lipinski definition) is 1. The van der Waals surface area contributed by atoms with Crippen molar-refractivity contribution >= 4 is 5.91 Å². The molecule has 0 aromatic heterocycles. The molecule has 2 aliphatic rings. The van der Waals surface area contributed by atoms with Gasteiger partial charge in [0.05, 0.1) is 19.3 Å². The molecule has 2 unspecified atom stereocenters. The molecule has 0 spiro atoms. The summed E-state index contributed by atoms with van der Waals surface area (Å²) in [5, 5.41) is 0. The highest BCUT2D eigenvalue weighted by atomic mass is 16.5. The number of hydrogen-bond acceptors (Lipinski definition) is 4. The first-order valence-electron chi connectivity index (χ1n) is 7.65. The summed E-state index contributed by atoms with van der Waals surface area (Å²) in [6.45, 7) is 4.00. The second kappa shape index (κ2) is 5.93. The van der Waals surface area contributed by atoms with Gasteiger partial charge in [0, 0.05) is 25.4 Å². The molecule has 2 N–H and O–H groups in total. The van der Waals surface area contributed by atoms with Crippen molar-refractivity contribution in [2.24, 2.45) is 5.73 Å². The van der Waals surface area contributed by atoms with Crippen molar-refractivity contribution in [2.45, 2.75) is 38.3 Å². The Bertz CT molecular complexity index is 532. The lowest BCUT2D eigenvalue weighted by atomic mass is 9.90. The van der Waals surface area contributed by atoms with Crippen molar-refractivity contribution in [2.75, 3.05) is 19.8 Å². The average molecular weight is 290 g/mol. The van der Waals surface area contributed by atoms with E-state index in [0.29, 0.717) is 26.2 Å². The second-order valence-corrected chi connectivity index (χ2v) is 5.58. The Hall–Kier alpha value is -1.75. The minimum Gasteiger partial charge on any atom is -0.490 e. The molecule has 5 nitrogen and oxygen atoms in total. The van der Waals surface area contributed by atoms with E-state index in [1.165, 1.54) is 0 Å². The normalized spacial score (nSPS) is 25.6. The van der Waals surface area contributed by atoms with Crippen LogP contribution in [-0.2, 0) is 4.79 Å². The summed E-state index contributed by atoms with van der Waals surface area (Å²) in [7, 11) is 0. The van der Waals surface area contributed by atoms with Gasteiger partial charge in [-0.15, -0.1) is 0 Å². The van der Waals surface area contributed by atoms with Crippen LogP contribution in [0.5, 0.6) is 11.5 Å². The lowest BCUT2D eigenvalue weighted by molar-refractivity contribution is -0.137. The Labute approximate surface area is 125 Å². The number of likely N-dealkylation sites (tertiary alicyclic amines) is 1. The average Bonchev–Trinajstić information content (AvgIpc) is 2.73. The first-order valence-corrected chi connectivity index (χ1v) is 7.65. The van der Waals surface area contributed by atoms with Gasteiger partial charge in [-0.2, -0.15) is 0 Å². The van der Waals surface area contributed by atoms with Crippen LogP contribution in [0.2, 0.25) is 0 Å². The van der Waals surface area contributed by atoms with Crippen molar-refractivity contribution in [1.29, 1.82) is 0 Å². The minimum absolute atomic E-state index is 0.0348. The van der Waals surface area contributed by atoms with Crippen molar-refractivity contribution in [3.8, 4) is 11.5 Å². The fraction of sp³-hybridized carbons (Fsp3) is 0.562. The van der Waals surface area contributed by atoms with Crippen molar-refractivity contribution in [3.63, 3.8) is 0 Å². The number of fused-ring (bicyclic) bond motifs is 1. The quantitative estimate of drug-likeness (QED) is 0.903. The van der Waals surface area contributed by atoms with Gasteiger partial charge in [-0.25, -0.2) is 0 Å². The minimum atomic E-state index is -0.0756. The van der Waals surface area contributed by atoms with Crippen LogP contribution in [-0.4, -0.2) is 36.6 Å². The Morgan fingerprint density at radius 3 is 2.81 bits per heavy atom. The first kappa shape index (κ1) is 14.2. The summed E-state index contributed by atoms with van der Waals surface area (Å²) in [6.07, 6.45) is 2.15. The molecular formula is C16H22N2O3. The van der Waals surface area contributed by atoms with Gasteiger partial charge in [-0.3, -0.25) is 4.79 Å². The molecule has 0 aliphatic carbocycles. The second-order valence-electron chi connectivity index (χ2n) is 5.58. The van der Waals surface area contributed by atoms with Crippen LogP contribution in [0.15, 0.2) is 18.2 Å². The van der Waals surface area contributed by atoms with E-state index in [4.69, 9.17) is 15.2 Å². The molecular weight excluding hydrogens is 268 g/mol. The van der Waals surface area contributed by atoms with Crippen LogP contribution < -0.4 is 15.2 Å². The van der Waals surface area contributed by atoms with Crippen LogP contribution in [0.4, 0.5) is 0 Å². The Balaban J connectivity index is 1.94. The maximum absolute atomic E-state index is 12.1. The van der Waals surface area contributed by atoms with E-state index in [9.17, 15) is 4.79 Å². The highest BCUT2D eigenvalue weighted by Gasteiger charge is 2.34. The van der Waals surface area contributed by atoms with Crippen molar-refractivity contribution < 1.29 is 14.3 Å². The van der Waals surface area contributed by atoms with E-state index in [-0.39, 0.29) is 18.0 Å². The molecule has 1 aromatic rings. The highest BCUT2D eigenvalue weighted by Crippen LogP contribution is 2.37. The van der Waals surface area contributed by atoms with Crippen molar-refractivity contribution in [1.82, 2.24) is 4.90 Å². The number of carbonyl (C=O) groups is 1. The number of benzene rings is 1. The molecule has 1 amide bonds. The van der Waals surface area contributed by atoms with Crippen LogP contribution in [0.3, 0.4) is 0 Å². The number of nitrogens with two attached hydrogens (primary N) is 1. The molecule has 1 fully saturated rings. The third kappa shape index (κ3) is 2.70. The van der Waals surface area contributed by atoms with Gasteiger partial charge in [0.1, 0.15) is 0 Å². The molecule has 21 heavy (non-hydrogen) atoms. The number of piperidine rings is 1. The zero-order valence-electron chi connectivity index (χ0n) is 12.4. The molecule has 3 rings (SSSR count). The monoisotopic (exact) mass is 290 g/mol. The van der Waals surface area contributed by atoms with Crippen LogP contribution >= 0.6 is 0 Å². The Morgan fingerprint density at radius 1 is 1.29 bits per heavy atom. The zero-order chi connectivity index (χ0) is 14.8. The molecule has 0 saturated carbocycles. The standard InChI is InChI=1S/C16H22N2O3/c1-2-18-15(19)7-5-12(17)16(18)11-4-6-13-14(10-11)21-9-3-8-20-13/h4,6,10,12,16H,2-3,5,7-9,17H2,1H3. The maximum atomic E-state index is 12.1. The van der Waals surface area contributed by atoms with Gasteiger partial charge in [0.25, 0.3) is 0 Å². The maximum Gasteiger partial charge on any atom is 0.223 e. The van der Waals surface area contributed by atoms with E-state index in [1.54, 1.807) is 0 Å². The Morgan fingerprint density at radius 2 is 2.05 bits per heavy atom. The smallest absolute Gasteiger partial charge is 0.223 e. The van der Waals surface area contributed by atoms with E-state index in [2.05, 4.69) is 0 Å². The molecule has 1 aromatic carbocycles. The summed E-state index contributed by atoms with van der Waals surface area (Å²) < 4.78 is 11.4. The predicted molar refractivity (Wildman–Crippen MR) is 79.4 cm³/mol. The summed E-state index contributed by atoms with van der Waals surface area (Å²) in [4.78, 5) is 14.0. The number of carbonyl (C=O) groups excluding carboxylic acids is 1. The van der Waals surface area contributed by atoms with Crippen LogP contribution in [0.25, 0.3) is 0 Å². The van der Waals surface area contributed by atoms with E-state index >= 15 is 0 Å². The van der Waals surface area contributed by atoms with Gasteiger partial charge in [-0.05, 0) is 31.0 Å². The molecule has 2 aliphatic heterocycles. The van der Waals surface area contributed by atoms with E-state index in [1.807, 2.05) is 30.0 Å². The molecule has 114 valence electrons. The lowest BCUT2D eigenvalue weighted by Crippen LogP contribution is -2.48. The summed E-state index contributed by atoms with van der Waals surface area (Å²) >= 11 is 0. The van der Waals surface area contributed by atoms with Gasteiger partial charge in [0.15, 0.2) is 11.5 Å². The summed E-state index contributed by atoms with van der Waals surface area (Å²) in [5.41, 5.74) is 7.31. The summed E-state index contributed by atoms with van der Waals surface area (Å²) in [6, 6.07) is 5.79. The van der Waals surface area contributed by atoms with Crippen molar-refractivity contribution in [3.05, 3.63) is 23.8 Å². The lowest BCUT2D eigenvalue weighted by Gasteiger charge is -2.39. The zero-order valence-corrected chi connectivity index (χ0v) is 12.4. The number of rotatable bonds is 2. The topological polar surface area (TPSA) is 64.8 Å². The fourth-order valence-electron chi connectivity index (χ4n) is 3.14. The first-order chi connectivity index (χ1) is 10.2. The van der Waals surface area contributed by atoms with E-state index in [0.717, 1.165) is 29.9 Å². The molecule has 0 bridgehead atoms. The molecule has 2 atom stereocenters. The van der Waals surface area contributed by atoms with Gasteiger partial charge in [0.2, 0.25) is 5.91 Å². The number of nitrogens with zero attached hydrogens (tertiary/aromatic N) is 1. The Kier molecular flexibility index (Phi) is 4.01. The summed E-state index contributed by atoms with van der Waals surface area (Å²) in [5.74, 6) is 1.71. The molecule has 0 radical (unpaired) electrons.